The zero-order valence-corrected chi connectivity index (χ0v) is 8.86. The van der Waals surface area contributed by atoms with Crippen LogP contribution in [-0.4, -0.2) is 31.6 Å². The molecule has 1 aromatic heterocycles. The second-order valence-corrected chi connectivity index (χ2v) is 4.18. The summed E-state index contributed by atoms with van der Waals surface area (Å²) in [5.41, 5.74) is 0. The molecule has 2 rings (SSSR count). The van der Waals surface area contributed by atoms with Crippen LogP contribution in [0, 0.1) is 0 Å². The fourth-order valence-electron chi connectivity index (χ4n) is 1.58. The summed E-state index contributed by atoms with van der Waals surface area (Å²) in [6, 6.07) is 5.10. The third-order valence-corrected chi connectivity index (χ3v) is 2.67. The number of hydrogen-bond acceptors (Lipinski definition) is 3. The monoisotopic (exact) mass is 194 g/mol. The Hall–Kier alpha value is -0.800. The molecular weight excluding hydrogens is 176 g/mol. The Kier molecular flexibility index (Phi) is 2.89. The average molecular weight is 194 g/mol. The van der Waals surface area contributed by atoms with E-state index in [1.807, 2.05) is 12.1 Å². The minimum atomic E-state index is 0.352. The molecule has 1 fully saturated rings. The summed E-state index contributed by atoms with van der Waals surface area (Å²) >= 11 is 0. The van der Waals surface area contributed by atoms with Crippen molar-refractivity contribution in [3.05, 3.63) is 24.2 Å². The highest BCUT2D eigenvalue weighted by Crippen LogP contribution is 2.22. The average Bonchev–Trinajstić information content (AvgIpc) is 2.80. The van der Waals surface area contributed by atoms with Gasteiger partial charge in [-0.3, -0.25) is 4.90 Å². The van der Waals surface area contributed by atoms with Crippen molar-refractivity contribution in [2.75, 3.05) is 20.6 Å². The van der Waals surface area contributed by atoms with Crippen molar-refractivity contribution in [3.8, 4) is 0 Å². The third kappa shape index (κ3) is 2.36. The van der Waals surface area contributed by atoms with Gasteiger partial charge in [0.1, 0.15) is 5.76 Å². The highest BCUT2D eigenvalue weighted by Gasteiger charge is 2.24. The van der Waals surface area contributed by atoms with Crippen molar-refractivity contribution in [2.45, 2.75) is 24.9 Å². The Morgan fingerprint density at radius 3 is 2.86 bits per heavy atom. The van der Waals surface area contributed by atoms with Gasteiger partial charge in [0.25, 0.3) is 0 Å². The van der Waals surface area contributed by atoms with E-state index in [2.05, 4.69) is 24.3 Å². The molecule has 1 aliphatic carbocycles. The Bertz CT molecular complexity index is 265. The van der Waals surface area contributed by atoms with Crippen LogP contribution in [-0.2, 0) is 0 Å². The molecule has 3 heteroatoms. The van der Waals surface area contributed by atoms with Crippen LogP contribution in [0.2, 0.25) is 0 Å². The lowest BCUT2D eigenvalue weighted by molar-refractivity contribution is 0.250. The van der Waals surface area contributed by atoms with Gasteiger partial charge in [-0.1, -0.05) is 0 Å². The molecule has 3 nitrogen and oxygen atoms in total. The molecule has 0 spiro atoms. The molecular formula is C11H18N2O. The molecule has 1 aliphatic rings. The van der Waals surface area contributed by atoms with Crippen molar-refractivity contribution in [1.82, 2.24) is 10.2 Å². The molecule has 78 valence electrons. The van der Waals surface area contributed by atoms with E-state index in [1.54, 1.807) is 6.26 Å². The molecule has 0 amide bonds. The predicted molar refractivity (Wildman–Crippen MR) is 56.2 cm³/mol. The maximum atomic E-state index is 5.43. The Labute approximate surface area is 85.1 Å². The van der Waals surface area contributed by atoms with Crippen molar-refractivity contribution in [3.63, 3.8) is 0 Å². The standard InChI is InChI=1S/C11H18N2O/c1-13(2)10(8-12-9-5-6-9)11-4-3-7-14-11/h3-4,7,9-10,12H,5-6,8H2,1-2H3. The zero-order valence-electron chi connectivity index (χ0n) is 8.86. The molecule has 1 saturated carbocycles. The predicted octanol–water partition coefficient (Wildman–Crippen LogP) is 1.63. The molecule has 1 heterocycles. The first kappa shape index (κ1) is 9.74. The quantitative estimate of drug-likeness (QED) is 0.772. The van der Waals surface area contributed by atoms with E-state index < -0.39 is 0 Å². The fourth-order valence-corrected chi connectivity index (χ4v) is 1.58. The maximum absolute atomic E-state index is 5.43. The SMILES string of the molecule is CN(C)C(CNC1CC1)c1ccco1. The van der Waals surface area contributed by atoms with Gasteiger partial charge in [0.15, 0.2) is 0 Å². The van der Waals surface area contributed by atoms with Crippen molar-refractivity contribution < 1.29 is 4.42 Å². The molecule has 1 N–H and O–H groups in total. The van der Waals surface area contributed by atoms with Crippen LogP contribution in [0.1, 0.15) is 24.6 Å². The Morgan fingerprint density at radius 1 is 1.57 bits per heavy atom. The fraction of sp³-hybridized carbons (Fsp3) is 0.636. The summed E-state index contributed by atoms with van der Waals surface area (Å²) in [7, 11) is 4.17. The van der Waals surface area contributed by atoms with E-state index in [1.165, 1.54) is 12.8 Å². The smallest absolute Gasteiger partial charge is 0.122 e. The van der Waals surface area contributed by atoms with Gasteiger partial charge in [-0.2, -0.15) is 0 Å². The van der Waals surface area contributed by atoms with Crippen molar-refractivity contribution in [2.24, 2.45) is 0 Å². The Balaban J connectivity index is 1.92. The van der Waals surface area contributed by atoms with Crippen molar-refractivity contribution >= 4 is 0 Å². The number of hydrogen-bond donors (Lipinski definition) is 1. The van der Waals surface area contributed by atoms with Crippen LogP contribution in [0.5, 0.6) is 0 Å². The van der Waals surface area contributed by atoms with Crippen LogP contribution >= 0.6 is 0 Å². The molecule has 0 aliphatic heterocycles. The largest absolute Gasteiger partial charge is 0.468 e. The first-order chi connectivity index (χ1) is 6.77. The lowest BCUT2D eigenvalue weighted by Crippen LogP contribution is -2.31. The van der Waals surface area contributed by atoms with Crippen LogP contribution in [0.25, 0.3) is 0 Å². The summed E-state index contributed by atoms with van der Waals surface area (Å²) < 4.78 is 5.43. The summed E-state index contributed by atoms with van der Waals surface area (Å²) in [5, 5.41) is 3.52. The van der Waals surface area contributed by atoms with Gasteiger partial charge in [-0.05, 0) is 39.1 Å². The van der Waals surface area contributed by atoms with Crippen molar-refractivity contribution in [1.29, 1.82) is 0 Å². The Morgan fingerprint density at radius 2 is 2.36 bits per heavy atom. The summed E-state index contributed by atoms with van der Waals surface area (Å²) in [6.45, 7) is 0.977. The highest BCUT2D eigenvalue weighted by atomic mass is 16.3. The van der Waals surface area contributed by atoms with E-state index in [4.69, 9.17) is 4.42 Å². The highest BCUT2D eigenvalue weighted by molar-refractivity contribution is 5.05. The van der Waals surface area contributed by atoms with Crippen LogP contribution < -0.4 is 5.32 Å². The summed E-state index contributed by atoms with van der Waals surface area (Å²) in [4.78, 5) is 2.19. The maximum Gasteiger partial charge on any atom is 0.122 e. The molecule has 0 saturated heterocycles. The molecule has 1 atom stereocenters. The summed E-state index contributed by atoms with van der Waals surface area (Å²) in [6.07, 6.45) is 4.40. The van der Waals surface area contributed by atoms with Gasteiger partial charge in [0, 0.05) is 12.6 Å². The lowest BCUT2D eigenvalue weighted by Gasteiger charge is -2.22. The summed E-state index contributed by atoms with van der Waals surface area (Å²) in [5.74, 6) is 1.04. The second-order valence-electron chi connectivity index (χ2n) is 4.18. The minimum absolute atomic E-state index is 0.352. The van der Waals surface area contributed by atoms with E-state index in [0.717, 1.165) is 18.3 Å². The number of rotatable bonds is 5. The first-order valence-electron chi connectivity index (χ1n) is 5.20. The van der Waals surface area contributed by atoms with Crippen LogP contribution in [0.15, 0.2) is 22.8 Å². The number of nitrogens with zero attached hydrogens (tertiary/aromatic N) is 1. The van der Waals surface area contributed by atoms with Gasteiger partial charge < -0.3 is 9.73 Å². The molecule has 0 radical (unpaired) electrons. The minimum Gasteiger partial charge on any atom is -0.468 e. The van der Waals surface area contributed by atoms with Crippen LogP contribution in [0.3, 0.4) is 0 Å². The first-order valence-corrected chi connectivity index (χ1v) is 5.20. The third-order valence-electron chi connectivity index (χ3n) is 2.67. The lowest BCUT2D eigenvalue weighted by atomic mass is 10.2. The molecule has 0 aromatic carbocycles. The van der Waals surface area contributed by atoms with Gasteiger partial charge in [0.2, 0.25) is 0 Å². The van der Waals surface area contributed by atoms with E-state index in [0.29, 0.717) is 6.04 Å². The molecule has 14 heavy (non-hydrogen) atoms. The molecule has 1 unspecified atom stereocenters. The second kappa shape index (κ2) is 4.15. The van der Waals surface area contributed by atoms with Gasteiger partial charge in [-0.15, -0.1) is 0 Å². The molecule has 1 aromatic rings. The van der Waals surface area contributed by atoms with Crippen LogP contribution in [0.4, 0.5) is 0 Å². The normalized spacial score (nSPS) is 18.8. The number of furan rings is 1. The van der Waals surface area contributed by atoms with E-state index in [9.17, 15) is 0 Å². The number of likely N-dealkylation sites (N-methyl/N-ethyl adjacent to an activating group) is 1. The number of nitrogens with one attached hydrogen (secondary N) is 1. The topological polar surface area (TPSA) is 28.4 Å². The molecule has 0 bridgehead atoms. The van der Waals surface area contributed by atoms with Gasteiger partial charge in [0.05, 0.1) is 12.3 Å². The van der Waals surface area contributed by atoms with Gasteiger partial charge in [-0.25, -0.2) is 0 Å². The van der Waals surface area contributed by atoms with E-state index >= 15 is 0 Å². The van der Waals surface area contributed by atoms with Gasteiger partial charge >= 0.3 is 0 Å². The zero-order chi connectivity index (χ0) is 9.97. The van der Waals surface area contributed by atoms with E-state index in [-0.39, 0.29) is 0 Å².